The number of aliphatic carboxylic acids is 1. The van der Waals surface area contributed by atoms with E-state index in [1.807, 2.05) is 0 Å². The van der Waals surface area contributed by atoms with E-state index in [1.165, 1.54) is 18.4 Å². The third kappa shape index (κ3) is 2.32. The quantitative estimate of drug-likeness (QED) is 0.824. The summed E-state index contributed by atoms with van der Waals surface area (Å²) in [6, 6.07) is 0. The Morgan fingerprint density at radius 3 is 2.50 bits per heavy atom. The maximum Gasteiger partial charge on any atom is 0.336 e. The number of carbonyl (C=O) groups excluding carboxylic acids is 1. The topological polar surface area (TPSA) is 88.5 Å². The summed E-state index contributed by atoms with van der Waals surface area (Å²) in [4.78, 5) is 27.7. The molecule has 0 aromatic carbocycles. The molecule has 1 aromatic heterocycles. The number of aromatic nitrogens is 1. The number of methoxy groups -OCH3 is 1. The Kier molecular flexibility index (Phi) is 3.89. The van der Waals surface area contributed by atoms with Crippen molar-refractivity contribution < 1.29 is 19.4 Å². The molecule has 0 aliphatic carbocycles. The Morgan fingerprint density at radius 1 is 1.35 bits per heavy atom. The lowest BCUT2D eigenvalue weighted by molar-refractivity contribution is -0.136. The van der Waals surface area contributed by atoms with Crippen molar-refractivity contribution in [3.63, 3.8) is 0 Å². The number of allylic oxidation sites excluding steroid dienone is 2. The molecule has 7 heteroatoms. The Morgan fingerprint density at radius 2 is 2.00 bits per heavy atom. The summed E-state index contributed by atoms with van der Waals surface area (Å²) >= 11 is 1.31. The molecular formula is C13H14N2O4S. The summed E-state index contributed by atoms with van der Waals surface area (Å²) in [7, 11) is 1.27. The SMILES string of the molecule is COC(=O)C1=C(C)NC(C)=C(C(=O)O)C1c1nccs1. The van der Waals surface area contributed by atoms with Crippen molar-refractivity contribution in [2.24, 2.45) is 0 Å². The van der Waals surface area contributed by atoms with Crippen LogP contribution in [0, 0.1) is 0 Å². The van der Waals surface area contributed by atoms with Gasteiger partial charge in [-0.05, 0) is 13.8 Å². The fourth-order valence-corrected chi connectivity index (χ4v) is 3.04. The number of nitrogens with one attached hydrogen (secondary N) is 1. The van der Waals surface area contributed by atoms with Gasteiger partial charge in [-0.25, -0.2) is 14.6 Å². The lowest BCUT2D eigenvalue weighted by Crippen LogP contribution is -2.31. The molecule has 0 radical (unpaired) electrons. The average molecular weight is 294 g/mol. The first kappa shape index (κ1) is 14.3. The highest BCUT2D eigenvalue weighted by atomic mass is 32.1. The summed E-state index contributed by atoms with van der Waals surface area (Å²) < 4.78 is 4.78. The van der Waals surface area contributed by atoms with Crippen LogP contribution in [-0.4, -0.2) is 29.1 Å². The van der Waals surface area contributed by atoms with E-state index in [4.69, 9.17) is 4.74 Å². The zero-order chi connectivity index (χ0) is 14.9. The fraction of sp³-hybridized carbons (Fsp3) is 0.308. The van der Waals surface area contributed by atoms with E-state index in [0.717, 1.165) is 0 Å². The zero-order valence-corrected chi connectivity index (χ0v) is 12.1. The van der Waals surface area contributed by atoms with Gasteiger partial charge in [0, 0.05) is 23.0 Å². The smallest absolute Gasteiger partial charge is 0.336 e. The number of hydrogen-bond acceptors (Lipinski definition) is 6. The van der Waals surface area contributed by atoms with Gasteiger partial charge in [-0.1, -0.05) is 0 Å². The summed E-state index contributed by atoms with van der Waals surface area (Å²) in [6.45, 7) is 3.39. The summed E-state index contributed by atoms with van der Waals surface area (Å²) in [6.07, 6.45) is 1.58. The van der Waals surface area contributed by atoms with Crippen molar-refractivity contribution in [2.45, 2.75) is 19.8 Å². The summed E-state index contributed by atoms with van der Waals surface area (Å²) in [5.74, 6) is -2.34. The molecule has 1 atom stereocenters. The monoisotopic (exact) mass is 294 g/mol. The number of carboxylic acids is 1. The van der Waals surface area contributed by atoms with E-state index < -0.39 is 17.9 Å². The molecule has 0 spiro atoms. The van der Waals surface area contributed by atoms with E-state index in [-0.39, 0.29) is 11.1 Å². The standard InChI is InChI=1S/C13H14N2O4S/c1-6-8(12(16)17)10(11-14-4-5-20-11)9(7(2)15-6)13(18)19-3/h4-5,10,15H,1-3H3,(H,16,17). The molecule has 6 nitrogen and oxygen atoms in total. The van der Waals surface area contributed by atoms with Crippen LogP contribution in [0.5, 0.6) is 0 Å². The molecule has 1 aliphatic heterocycles. The number of hydrogen-bond donors (Lipinski definition) is 2. The molecule has 20 heavy (non-hydrogen) atoms. The highest BCUT2D eigenvalue weighted by molar-refractivity contribution is 7.09. The third-order valence-corrected chi connectivity index (χ3v) is 3.93. The lowest BCUT2D eigenvalue weighted by Gasteiger charge is -2.27. The molecule has 2 N–H and O–H groups in total. The molecule has 1 aromatic rings. The van der Waals surface area contributed by atoms with Crippen LogP contribution in [0.4, 0.5) is 0 Å². The first-order valence-electron chi connectivity index (χ1n) is 5.87. The molecule has 0 amide bonds. The van der Waals surface area contributed by atoms with E-state index in [0.29, 0.717) is 16.4 Å². The van der Waals surface area contributed by atoms with Crippen molar-refractivity contribution in [1.29, 1.82) is 0 Å². The average Bonchev–Trinajstić information content (AvgIpc) is 2.90. The van der Waals surface area contributed by atoms with Gasteiger partial charge >= 0.3 is 11.9 Å². The number of esters is 1. The largest absolute Gasteiger partial charge is 0.478 e. The van der Waals surface area contributed by atoms with Crippen LogP contribution in [-0.2, 0) is 14.3 Å². The van der Waals surface area contributed by atoms with Gasteiger partial charge < -0.3 is 15.2 Å². The first-order valence-corrected chi connectivity index (χ1v) is 6.74. The maximum atomic E-state index is 12.0. The number of thiazole rings is 1. The lowest BCUT2D eigenvalue weighted by atomic mass is 9.86. The molecule has 106 valence electrons. The van der Waals surface area contributed by atoms with Crippen LogP contribution >= 0.6 is 11.3 Å². The Balaban J connectivity index is 2.63. The van der Waals surface area contributed by atoms with E-state index in [1.54, 1.807) is 25.4 Å². The second-order valence-corrected chi connectivity index (χ2v) is 5.23. The first-order chi connectivity index (χ1) is 9.47. The van der Waals surface area contributed by atoms with Crippen LogP contribution < -0.4 is 5.32 Å². The highest BCUT2D eigenvalue weighted by Crippen LogP contribution is 2.39. The van der Waals surface area contributed by atoms with Gasteiger partial charge in [-0.3, -0.25) is 0 Å². The minimum absolute atomic E-state index is 0.117. The molecule has 2 heterocycles. The molecule has 0 saturated carbocycles. The van der Waals surface area contributed by atoms with Gasteiger partial charge in [0.2, 0.25) is 0 Å². The fourth-order valence-electron chi connectivity index (χ4n) is 2.28. The zero-order valence-electron chi connectivity index (χ0n) is 11.3. The van der Waals surface area contributed by atoms with Gasteiger partial charge in [0.25, 0.3) is 0 Å². The van der Waals surface area contributed by atoms with Crippen molar-refractivity contribution in [3.05, 3.63) is 39.1 Å². The van der Waals surface area contributed by atoms with Crippen molar-refractivity contribution in [2.75, 3.05) is 7.11 Å². The van der Waals surface area contributed by atoms with Gasteiger partial charge in [-0.2, -0.15) is 0 Å². The summed E-state index contributed by atoms with van der Waals surface area (Å²) in [5, 5.41) is 14.7. The molecule has 2 rings (SSSR count). The van der Waals surface area contributed by atoms with Gasteiger partial charge in [0.05, 0.1) is 24.2 Å². The minimum Gasteiger partial charge on any atom is -0.478 e. The van der Waals surface area contributed by atoms with Gasteiger partial charge in [0.1, 0.15) is 5.01 Å². The molecule has 1 unspecified atom stereocenters. The predicted molar refractivity (Wildman–Crippen MR) is 73.0 cm³/mol. The minimum atomic E-state index is -1.08. The van der Waals surface area contributed by atoms with Gasteiger partial charge in [0.15, 0.2) is 0 Å². The second kappa shape index (κ2) is 5.46. The second-order valence-electron chi connectivity index (χ2n) is 4.30. The highest BCUT2D eigenvalue weighted by Gasteiger charge is 2.38. The molecule has 0 bridgehead atoms. The van der Waals surface area contributed by atoms with Crippen LogP contribution in [0.3, 0.4) is 0 Å². The Hall–Kier alpha value is -2.15. The van der Waals surface area contributed by atoms with Crippen LogP contribution in [0.1, 0.15) is 24.8 Å². The number of carbonyl (C=O) groups is 2. The van der Waals surface area contributed by atoms with Crippen LogP contribution in [0.15, 0.2) is 34.1 Å². The van der Waals surface area contributed by atoms with Gasteiger partial charge in [-0.15, -0.1) is 11.3 Å². The van der Waals surface area contributed by atoms with Crippen molar-refractivity contribution >= 4 is 23.3 Å². The summed E-state index contributed by atoms with van der Waals surface area (Å²) in [5.41, 5.74) is 1.49. The van der Waals surface area contributed by atoms with Crippen molar-refractivity contribution in [3.8, 4) is 0 Å². The van der Waals surface area contributed by atoms with Crippen LogP contribution in [0.25, 0.3) is 0 Å². The Bertz CT molecular complexity index is 616. The number of dihydropyridines is 1. The predicted octanol–water partition coefficient (Wildman–Crippen LogP) is 1.64. The van der Waals surface area contributed by atoms with Crippen molar-refractivity contribution in [1.82, 2.24) is 10.3 Å². The van der Waals surface area contributed by atoms with E-state index in [9.17, 15) is 14.7 Å². The van der Waals surface area contributed by atoms with E-state index >= 15 is 0 Å². The molecule has 0 fully saturated rings. The normalized spacial score (nSPS) is 18.9. The number of rotatable bonds is 3. The van der Waals surface area contributed by atoms with E-state index in [2.05, 4.69) is 10.3 Å². The number of ether oxygens (including phenoxy) is 1. The molecular weight excluding hydrogens is 280 g/mol. The van der Waals surface area contributed by atoms with Crippen LogP contribution in [0.2, 0.25) is 0 Å². The Labute approximate surface area is 119 Å². The maximum absolute atomic E-state index is 12.0. The number of nitrogens with zero attached hydrogens (tertiary/aromatic N) is 1. The molecule has 0 saturated heterocycles. The molecule has 1 aliphatic rings. The third-order valence-electron chi connectivity index (χ3n) is 3.09. The number of carboxylic acid groups (broad SMARTS) is 1.